The summed E-state index contributed by atoms with van der Waals surface area (Å²) in [5.74, 6) is 0. The molecule has 0 rings (SSSR count). The summed E-state index contributed by atoms with van der Waals surface area (Å²) in [6.45, 7) is 5.72. The van der Waals surface area contributed by atoms with Crippen LogP contribution < -0.4 is 0 Å². The number of hydrogen-bond donors (Lipinski definition) is 1. The second kappa shape index (κ2) is 10.2. The van der Waals surface area contributed by atoms with E-state index in [1.54, 1.807) is 4.67 Å². The van der Waals surface area contributed by atoms with E-state index in [1.807, 2.05) is 0 Å². The molecule has 1 atom stereocenters. The molecular weight excluding hydrogens is 185 g/mol. The van der Waals surface area contributed by atoms with Gasteiger partial charge in [0.2, 0.25) is 0 Å². The third-order valence-electron chi connectivity index (χ3n) is 1.83. The maximum absolute atomic E-state index is 10.8. The largest absolute Gasteiger partial charge is 0.335 e. The van der Waals surface area contributed by atoms with E-state index in [4.69, 9.17) is 4.89 Å². The zero-order chi connectivity index (χ0) is 9.40. The summed E-state index contributed by atoms with van der Waals surface area (Å²) in [4.78, 5) is 8.94. The van der Waals surface area contributed by atoms with Crippen molar-refractivity contribution in [3.05, 3.63) is 0 Å². The molecule has 0 aromatic heterocycles. The maximum Gasteiger partial charge on any atom is 0.258 e. The minimum absolute atomic E-state index is 0. The quantitative estimate of drug-likeness (QED) is 0.655. The highest BCUT2D eigenvalue weighted by molar-refractivity contribution is 7.35. The van der Waals surface area contributed by atoms with Gasteiger partial charge in [0.15, 0.2) is 0 Å². The Kier molecular flexibility index (Phi) is 12.3. The van der Waals surface area contributed by atoms with Gasteiger partial charge in [-0.1, -0.05) is 34.1 Å². The zero-order valence-corrected chi connectivity index (χ0v) is 9.05. The van der Waals surface area contributed by atoms with E-state index < -0.39 is 8.18 Å². The van der Waals surface area contributed by atoms with Gasteiger partial charge in [-0.3, -0.25) is 4.57 Å². The second-order valence-electron chi connectivity index (χ2n) is 2.98. The standard InChI is InChI=1S/C8H20NO2P.CH4/c1-3-5-7-9(12(10)11)8-6-4-2;/h12H,3-8H2,1-2H3,(H,10,11);1H4. The van der Waals surface area contributed by atoms with Crippen LogP contribution in [0.5, 0.6) is 0 Å². The minimum Gasteiger partial charge on any atom is -0.335 e. The van der Waals surface area contributed by atoms with Crippen LogP contribution in [0.25, 0.3) is 0 Å². The summed E-state index contributed by atoms with van der Waals surface area (Å²) in [6, 6.07) is 0. The molecule has 1 unspecified atom stereocenters. The van der Waals surface area contributed by atoms with Crippen LogP contribution in [0.1, 0.15) is 47.0 Å². The number of rotatable bonds is 7. The summed E-state index contributed by atoms with van der Waals surface area (Å²) < 4.78 is 12.5. The molecule has 3 nitrogen and oxygen atoms in total. The Bertz CT molecular complexity index is 123. The first-order valence-corrected chi connectivity index (χ1v) is 6.00. The summed E-state index contributed by atoms with van der Waals surface area (Å²) in [6.07, 6.45) is 4.19. The Labute approximate surface area is 83.1 Å². The molecule has 4 heteroatoms. The number of hydrogen-bond acceptors (Lipinski definition) is 1. The minimum atomic E-state index is -2.43. The summed E-state index contributed by atoms with van der Waals surface area (Å²) in [5, 5.41) is 0. The molecule has 0 spiro atoms. The first-order valence-electron chi connectivity index (χ1n) is 4.70. The molecule has 0 amide bonds. The molecule has 0 fully saturated rings. The molecular formula is C9H24NO2P. The van der Waals surface area contributed by atoms with Crippen molar-refractivity contribution in [2.45, 2.75) is 47.0 Å². The summed E-state index contributed by atoms with van der Waals surface area (Å²) >= 11 is 0. The van der Waals surface area contributed by atoms with E-state index in [0.29, 0.717) is 0 Å². The Morgan fingerprint density at radius 2 is 1.54 bits per heavy atom. The van der Waals surface area contributed by atoms with Crippen LogP contribution in [-0.4, -0.2) is 22.7 Å². The predicted octanol–water partition coefficient (Wildman–Crippen LogP) is 2.91. The normalized spacial score (nSPS) is 12.6. The van der Waals surface area contributed by atoms with Crippen molar-refractivity contribution in [1.29, 1.82) is 0 Å². The van der Waals surface area contributed by atoms with Crippen molar-refractivity contribution in [3.63, 3.8) is 0 Å². The van der Waals surface area contributed by atoms with Crippen LogP contribution >= 0.6 is 8.18 Å². The van der Waals surface area contributed by atoms with Crippen LogP contribution in [0, 0.1) is 0 Å². The van der Waals surface area contributed by atoms with Gasteiger partial charge >= 0.3 is 0 Å². The van der Waals surface area contributed by atoms with Crippen LogP contribution in [0.4, 0.5) is 0 Å². The highest BCUT2D eigenvalue weighted by Gasteiger charge is 2.07. The van der Waals surface area contributed by atoms with Gasteiger partial charge in [-0.15, -0.1) is 0 Å². The van der Waals surface area contributed by atoms with E-state index in [0.717, 1.165) is 38.8 Å². The van der Waals surface area contributed by atoms with Crippen molar-refractivity contribution >= 4 is 8.18 Å². The van der Waals surface area contributed by atoms with Crippen LogP contribution in [0.2, 0.25) is 0 Å². The molecule has 0 aromatic carbocycles. The van der Waals surface area contributed by atoms with E-state index >= 15 is 0 Å². The maximum atomic E-state index is 10.8. The Balaban J connectivity index is 0. The van der Waals surface area contributed by atoms with Gasteiger partial charge < -0.3 is 4.89 Å². The molecule has 13 heavy (non-hydrogen) atoms. The molecule has 0 heterocycles. The molecule has 0 radical (unpaired) electrons. The van der Waals surface area contributed by atoms with Gasteiger partial charge in [0.05, 0.1) is 0 Å². The summed E-state index contributed by atoms with van der Waals surface area (Å²) in [7, 11) is -2.43. The fourth-order valence-electron chi connectivity index (χ4n) is 1.00. The lowest BCUT2D eigenvalue weighted by molar-refractivity contribution is 0.357. The highest BCUT2D eigenvalue weighted by atomic mass is 31.1. The first kappa shape index (κ1) is 15.6. The van der Waals surface area contributed by atoms with Gasteiger partial charge in [0.25, 0.3) is 8.18 Å². The number of unbranched alkanes of at least 4 members (excludes halogenated alkanes) is 2. The van der Waals surface area contributed by atoms with Gasteiger partial charge in [0.1, 0.15) is 0 Å². The van der Waals surface area contributed by atoms with Crippen molar-refractivity contribution < 1.29 is 9.46 Å². The van der Waals surface area contributed by atoms with E-state index in [9.17, 15) is 4.57 Å². The molecule has 0 bridgehead atoms. The zero-order valence-electron chi connectivity index (χ0n) is 8.05. The smallest absolute Gasteiger partial charge is 0.258 e. The van der Waals surface area contributed by atoms with Gasteiger partial charge in [-0.25, -0.2) is 4.67 Å². The third kappa shape index (κ3) is 8.48. The van der Waals surface area contributed by atoms with Crippen molar-refractivity contribution in [2.24, 2.45) is 0 Å². The molecule has 0 aliphatic carbocycles. The predicted molar refractivity (Wildman–Crippen MR) is 59.3 cm³/mol. The van der Waals surface area contributed by atoms with E-state index in [2.05, 4.69) is 13.8 Å². The van der Waals surface area contributed by atoms with Gasteiger partial charge in [-0.05, 0) is 12.8 Å². The fraction of sp³-hybridized carbons (Fsp3) is 1.00. The third-order valence-corrected chi connectivity index (χ3v) is 2.82. The summed E-state index contributed by atoms with van der Waals surface area (Å²) in [5.41, 5.74) is 0. The SMILES string of the molecule is C.CCCCN(CCCC)[PH](=O)O. The monoisotopic (exact) mass is 209 g/mol. The molecule has 0 aliphatic rings. The van der Waals surface area contributed by atoms with Gasteiger partial charge in [0, 0.05) is 13.1 Å². The van der Waals surface area contributed by atoms with Crippen molar-refractivity contribution in [3.8, 4) is 0 Å². The molecule has 0 aliphatic heterocycles. The van der Waals surface area contributed by atoms with Gasteiger partial charge in [-0.2, -0.15) is 0 Å². The Morgan fingerprint density at radius 1 is 1.15 bits per heavy atom. The lowest BCUT2D eigenvalue weighted by Crippen LogP contribution is -2.17. The molecule has 1 N–H and O–H groups in total. The van der Waals surface area contributed by atoms with Crippen LogP contribution in [-0.2, 0) is 4.57 Å². The lowest BCUT2D eigenvalue weighted by Gasteiger charge is -2.17. The second-order valence-corrected chi connectivity index (χ2v) is 4.17. The lowest BCUT2D eigenvalue weighted by atomic mass is 10.3. The first-order chi connectivity index (χ1) is 5.72. The average molecular weight is 209 g/mol. The van der Waals surface area contributed by atoms with Crippen LogP contribution in [0.3, 0.4) is 0 Å². The Hall–Kier alpha value is 0.150. The molecule has 0 saturated carbocycles. The van der Waals surface area contributed by atoms with E-state index in [1.165, 1.54) is 0 Å². The average Bonchev–Trinajstić information content (AvgIpc) is 2.04. The van der Waals surface area contributed by atoms with Crippen LogP contribution in [0.15, 0.2) is 0 Å². The van der Waals surface area contributed by atoms with Crippen molar-refractivity contribution in [1.82, 2.24) is 4.67 Å². The van der Waals surface area contributed by atoms with E-state index in [-0.39, 0.29) is 7.43 Å². The highest BCUT2D eigenvalue weighted by Crippen LogP contribution is 2.22. The topological polar surface area (TPSA) is 40.5 Å². The molecule has 0 saturated heterocycles. The molecule has 82 valence electrons. The Morgan fingerprint density at radius 3 is 1.77 bits per heavy atom. The number of nitrogens with zero attached hydrogens (tertiary/aromatic N) is 1. The fourth-order valence-corrected chi connectivity index (χ4v) is 1.70. The van der Waals surface area contributed by atoms with Crippen molar-refractivity contribution in [2.75, 3.05) is 13.1 Å². The molecule has 0 aromatic rings.